The number of rotatable bonds is 5. The first-order chi connectivity index (χ1) is 14.6. The first kappa shape index (κ1) is 20.5. The van der Waals surface area contributed by atoms with Crippen molar-refractivity contribution in [3.05, 3.63) is 58.6 Å². The number of carbonyl (C=O) groups excluding carboxylic acids is 2. The van der Waals surface area contributed by atoms with Gasteiger partial charge in [0.25, 0.3) is 5.91 Å². The molecule has 0 aliphatic carbocycles. The maximum Gasteiger partial charge on any atom is 0.251 e. The molecule has 0 spiro atoms. The van der Waals surface area contributed by atoms with Gasteiger partial charge in [-0.1, -0.05) is 17.7 Å². The first-order valence-electron chi connectivity index (χ1n) is 10.3. The molecule has 1 fully saturated rings. The van der Waals surface area contributed by atoms with Crippen LogP contribution in [0.4, 0.5) is 0 Å². The molecule has 2 aromatic rings. The highest BCUT2D eigenvalue weighted by Crippen LogP contribution is 2.38. The third-order valence-corrected chi connectivity index (χ3v) is 5.71. The molecule has 2 aromatic carbocycles. The molecule has 6 nitrogen and oxygen atoms in total. The number of fused-ring (bicyclic) bond motifs is 1. The van der Waals surface area contributed by atoms with Crippen LogP contribution in [0.5, 0.6) is 11.5 Å². The number of hydrogen-bond acceptors (Lipinski definition) is 4. The largest absolute Gasteiger partial charge is 0.490 e. The summed E-state index contributed by atoms with van der Waals surface area (Å²) < 4.78 is 11.5. The van der Waals surface area contributed by atoms with Gasteiger partial charge in [0.05, 0.1) is 19.3 Å². The topological polar surface area (TPSA) is 67.9 Å². The molecular weight excluding hydrogens is 404 g/mol. The smallest absolute Gasteiger partial charge is 0.251 e. The lowest BCUT2D eigenvalue weighted by Crippen LogP contribution is -2.34. The predicted molar refractivity (Wildman–Crippen MR) is 114 cm³/mol. The molecule has 1 N–H and O–H groups in total. The highest BCUT2D eigenvalue weighted by atomic mass is 35.5. The van der Waals surface area contributed by atoms with Crippen LogP contribution in [0.3, 0.4) is 0 Å². The van der Waals surface area contributed by atoms with Crippen molar-refractivity contribution in [2.45, 2.75) is 31.7 Å². The molecule has 158 valence electrons. The van der Waals surface area contributed by atoms with Crippen molar-refractivity contribution < 1.29 is 19.1 Å². The van der Waals surface area contributed by atoms with Gasteiger partial charge in [-0.15, -0.1) is 0 Å². The van der Waals surface area contributed by atoms with Crippen LogP contribution in [0.25, 0.3) is 0 Å². The number of benzene rings is 2. The summed E-state index contributed by atoms with van der Waals surface area (Å²) >= 11 is 5.85. The van der Waals surface area contributed by atoms with Gasteiger partial charge in [0.1, 0.15) is 0 Å². The summed E-state index contributed by atoms with van der Waals surface area (Å²) in [5, 5.41) is 3.39. The third-order valence-electron chi connectivity index (χ3n) is 5.46. The zero-order chi connectivity index (χ0) is 20.9. The lowest BCUT2D eigenvalue weighted by Gasteiger charge is -2.26. The number of nitrogens with zero attached hydrogens (tertiary/aromatic N) is 1. The molecule has 0 aromatic heterocycles. The number of hydrogen-bond donors (Lipinski definition) is 1. The number of amides is 2. The molecule has 30 heavy (non-hydrogen) atoms. The van der Waals surface area contributed by atoms with Gasteiger partial charge in [-0.2, -0.15) is 0 Å². The number of carbonyl (C=O) groups is 2. The molecule has 1 saturated heterocycles. The molecule has 2 aliphatic rings. The summed E-state index contributed by atoms with van der Waals surface area (Å²) in [6.45, 7) is 2.31. The Hall–Kier alpha value is -2.73. The van der Waals surface area contributed by atoms with E-state index in [1.807, 2.05) is 23.1 Å². The number of ether oxygens (including phenoxy) is 2. The minimum atomic E-state index is -0.208. The van der Waals surface area contributed by atoms with Crippen LogP contribution < -0.4 is 14.8 Å². The van der Waals surface area contributed by atoms with Gasteiger partial charge < -0.3 is 19.7 Å². The van der Waals surface area contributed by atoms with Crippen molar-refractivity contribution in [3.63, 3.8) is 0 Å². The van der Waals surface area contributed by atoms with Crippen molar-refractivity contribution in [2.24, 2.45) is 0 Å². The quantitative estimate of drug-likeness (QED) is 0.782. The second-order valence-electron chi connectivity index (χ2n) is 7.51. The monoisotopic (exact) mass is 428 g/mol. The Balaban J connectivity index is 1.35. The summed E-state index contributed by atoms with van der Waals surface area (Å²) in [5.41, 5.74) is 1.59. The van der Waals surface area contributed by atoms with E-state index in [-0.39, 0.29) is 24.3 Å². The highest BCUT2D eigenvalue weighted by Gasteiger charge is 2.30. The van der Waals surface area contributed by atoms with E-state index in [4.69, 9.17) is 21.1 Å². The van der Waals surface area contributed by atoms with Crippen molar-refractivity contribution in [1.29, 1.82) is 0 Å². The zero-order valence-electron chi connectivity index (χ0n) is 16.7. The Morgan fingerprint density at radius 1 is 1.03 bits per heavy atom. The van der Waals surface area contributed by atoms with Gasteiger partial charge in [0, 0.05) is 36.5 Å². The van der Waals surface area contributed by atoms with Crippen molar-refractivity contribution in [3.8, 4) is 11.5 Å². The van der Waals surface area contributed by atoms with Crippen LogP contribution in [0, 0.1) is 0 Å². The van der Waals surface area contributed by atoms with Gasteiger partial charge in [-0.05, 0) is 54.8 Å². The molecule has 2 heterocycles. The van der Waals surface area contributed by atoms with E-state index in [0.717, 1.165) is 42.9 Å². The molecule has 0 saturated carbocycles. The zero-order valence-corrected chi connectivity index (χ0v) is 17.5. The molecule has 0 radical (unpaired) electrons. The van der Waals surface area contributed by atoms with Crippen LogP contribution in [0.1, 0.15) is 47.6 Å². The molecular formula is C23H25ClN2O4. The van der Waals surface area contributed by atoms with Gasteiger partial charge >= 0.3 is 0 Å². The maximum absolute atomic E-state index is 12.8. The predicted octanol–water partition coefficient (Wildman–Crippen LogP) is 3.98. The Bertz CT molecular complexity index is 916. The Kier molecular flexibility index (Phi) is 6.43. The molecule has 2 aliphatic heterocycles. The van der Waals surface area contributed by atoms with E-state index >= 15 is 0 Å². The fourth-order valence-electron chi connectivity index (χ4n) is 3.93. The Morgan fingerprint density at radius 2 is 1.80 bits per heavy atom. The summed E-state index contributed by atoms with van der Waals surface area (Å²) in [6, 6.07) is 12.7. The van der Waals surface area contributed by atoms with Crippen molar-refractivity contribution >= 4 is 23.4 Å². The van der Waals surface area contributed by atoms with Crippen LogP contribution in [0.15, 0.2) is 42.5 Å². The minimum absolute atomic E-state index is 0.0293. The van der Waals surface area contributed by atoms with E-state index in [0.29, 0.717) is 30.3 Å². The fourth-order valence-corrected chi connectivity index (χ4v) is 4.05. The Labute approximate surface area is 181 Å². The van der Waals surface area contributed by atoms with Crippen LogP contribution in [0.2, 0.25) is 5.02 Å². The van der Waals surface area contributed by atoms with Crippen molar-refractivity contribution in [2.75, 3.05) is 26.3 Å². The summed E-state index contributed by atoms with van der Waals surface area (Å²) in [7, 11) is 0. The van der Waals surface area contributed by atoms with Gasteiger partial charge in [-0.25, -0.2) is 0 Å². The second kappa shape index (κ2) is 9.39. The maximum atomic E-state index is 12.8. The number of nitrogens with one attached hydrogen (secondary N) is 1. The standard InChI is InChI=1S/C23H25ClN2O4/c24-18-7-4-16(5-8-18)23(28)25-11-10-22(27)26-12-1-3-19(26)17-6-9-20-21(15-17)30-14-2-13-29-20/h4-9,15,19H,1-3,10-14H2,(H,25,28)/t19-/m0/s1. The van der Waals surface area contributed by atoms with Gasteiger partial charge in [0.15, 0.2) is 11.5 Å². The highest BCUT2D eigenvalue weighted by molar-refractivity contribution is 6.30. The van der Waals surface area contributed by atoms with Gasteiger partial charge in [-0.3, -0.25) is 9.59 Å². The second-order valence-corrected chi connectivity index (χ2v) is 7.95. The minimum Gasteiger partial charge on any atom is -0.490 e. The Morgan fingerprint density at radius 3 is 2.60 bits per heavy atom. The molecule has 1 atom stereocenters. The van der Waals surface area contributed by atoms with E-state index < -0.39 is 0 Å². The van der Waals surface area contributed by atoms with Crippen LogP contribution in [-0.2, 0) is 4.79 Å². The van der Waals surface area contributed by atoms with E-state index in [9.17, 15) is 9.59 Å². The van der Waals surface area contributed by atoms with Crippen LogP contribution in [-0.4, -0.2) is 43.0 Å². The summed E-state index contributed by atoms with van der Waals surface area (Å²) in [5.74, 6) is 1.35. The lowest BCUT2D eigenvalue weighted by molar-refractivity contribution is -0.132. The third kappa shape index (κ3) is 4.70. The molecule has 7 heteroatoms. The number of likely N-dealkylation sites (tertiary alicyclic amines) is 1. The summed E-state index contributed by atoms with van der Waals surface area (Å²) in [6.07, 6.45) is 3.00. The number of halogens is 1. The SMILES string of the molecule is O=C(NCCC(=O)N1CCC[C@H]1c1ccc2c(c1)OCCCO2)c1ccc(Cl)cc1. The fraction of sp³-hybridized carbons (Fsp3) is 0.391. The molecule has 0 bridgehead atoms. The van der Waals surface area contributed by atoms with Crippen LogP contribution >= 0.6 is 11.6 Å². The molecule has 2 amide bonds. The normalized spacial score (nSPS) is 18.0. The summed E-state index contributed by atoms with van der Waals surface area (Å²) in [4.78, 5) is 27.0. The van der Waals surface area contributed by atoms with E-state index in [1.165, 1.54) is 0 Å². The van der Waals surface area contributed by atoms with E-state index in [1.54, 1.807) is 24.3 Å². The van der Waals surface area contributed by atoms with Gasteiger partial charge in [0.2, 0.25) is 5.91 Å². The average Bonchev–Trinajstić information content (AvgIpc) is 3.13. The molecule has 4 rings (SSSR count). The van der Waals surface area contributed by atoms with Crippen molar-refractivity contribution in [1.82, 2.24) is 10.2 Å². The molecule has 0 unspecified atom stereocenters. The lowest BCUT2D eigenvalue weighted by atomic mass is 10.0. The average molecular weight is 429 g/mol. The first-order valence-corrected chi connectivity index (χ1v) is 10.7. The van der Waals surface area contributed by atoms with E-state index in [2.05, 4.69) is 5.32 Å².